The number of halogens is 6. The second kappa shape index (κ2) is 11.3. The first kappa shape index (κ1) is 30.9. The maximum Gasteiger partial charge on any atom is 0.416 e. The third kappa shape index (κ3) is 6.71. The third-order valence-electron chi connectivity index (χ3n) is 8.94. The number of alkyl halides is 6. The highest BCUT2D eigenvalue weighted by atomic mass is 19.4. The van der Waals surface area contributed by atoms with Crippen LogP contribution in [-0.2, 0) is 27.5 Å². The summed E-state index contributed by atoms with van der Waals surface area (Å²) in [6.45, 7) is 4.35. The van der Waals surface area contributed by atoms with Gasteiger partial charge in [-0.2, -0.15) is 26.3 Å². The predicted octanol–water partition coefficient (Wildman–Crippen LogP) is 6.97. The normalized spacial score (nSPS) is 24.4. The molecule has 0 spiro atoms. The summed E-state index contributed by atoms with van der Waals surface area (Å²) >= 11 is 0. The van der Waals surface area contributed by atoms with Crippen LogP contribution in [0.25, 0.3) is 0 Å². The van der Waals surface area contributed by atoms with Crippen LogP contribution in [0.1, 0.15) is 80.5 Å². The number of carbonyl (C=O) groups excluding carboxylic acids is 1. The number of benzene rings is 2. The van der Waals surface area contributed by atoms with E-state index in [4.69, 9.17) is 0 Å². The summed E-state index contributed by atoms with van der Waals surface area (Å²) in [5.74, 6) is -2.73. The van der Waals surface area contributed by atoms with Gasteiger partial charge in [-0.1, -0.05) is 30.3 Å². The van der Waals surface area contributed by atoms with Gasteiger partial charge >= 0.3 is 18.3 Å². The van der Waals surface area contributed by atoms with Crippen molar-refractivity contribution in [2.45, 2.75) is 82.2 Å². The SMILES string of the molecule is CC(C(=O)N[C@]1(c2ccccc2)CC[C@H](N2CCC(C)(C(=O)O)CC2)CC1)c1cc(C(F)(F)F)cc(C(F)(F)F)c1. The van der Waals surface area contributed by atoms with E-state index in [0.717, 1.165) is 5.56 Å². The lowest BCUT2D eigenvalue weighted by molar-refractivity contribution is -0.151. The van der Waals surface area contributed by atoms with Crippen LogP contribution in [0.15, 0.2) is 48.5 Å². The highest BCUT2D eigenvalue weighted by Crippen LogP contribution is 2.42. The Kier molecular flexibility index (Phi) is 8.51. The predicted molar refractivity (Wildman–Crippen MR) is 140 cm³/mol. The van der Waals surface area contributed by atoms with Crippen LogP contribution in [0.5, 0.6) is 0 Å². The van der Waals surface area contributed by atoms with Crippen LogP contribution in [0.2, 0.25) is 0 Å². The van der Waals surface area contributed by atoms with Crippen LogP contribution in [0.3, 0.4) is 0 Å². The molecule has 1 saturated carbocycles. The van der Waals surface area contributed by atoms with Crippen molar-refractivity contribution in [2.24, 2.45) is 5.41 Å². The van der Waals surface area contributed by atoms with Gasteiger partial charge in [0.15, 0.2) is 0 Å². The monoisotopic (exact) mass is 584 g/mol. The molecule has 2 aliphatic rings. The van der Waals surface area contributed by atoms with E-state index in [1.807, 2.05) is 30.3 Å². The maximum absolute atomic E-state index is 13.5. The minimum Gasteiger partial charge on any atom is -0.481 e. The number of aliphatic carboxylic acids is 1. The Hall–Kier alpha value is -3.08. The number of carboxylic acids is 1. The second-order valence-corrected chi connectivity index (χ2v) is 11.6. The zero-order chi connectivity index (χ0) is 30.2. The van der Waals surface area contributed by atoms with E-state index >= 15 is 0 Å². The van der Waals surface area contributed by atoms with Gasteiger partial charge in [0, 0.05) is 6.04 Å². The van der Waals surface area contributed by atoms with E-state index in [0.29, 0.717) is 63.7 Å². The first-order chi connectivity index (χ1) is 19.0. The number of hydrogen-bond donors (Lipinski definition) is 2. The van der Waals surface area contributed by atoms with Crippen molar-refractivity contribution in [1.82, 2.24) is 10.2 Å². The van der Waals surface area contributed by atoms with Crippen molar-refractivity contribution in [1.29, 1.82) is 0 Å². The average Bonchev–Trinajstić information content (AvgIpc) is 2.92. The molecule has 5 nitrogen and oxygen atoms in total. The smallest absolute Gasteiger partial charge is 0.416 e. The summed E-state index contributed by atoms with van der Waals surface area (Å²) in [5, 5.41) is 12.6. The molecular formula is C30H34F6N2O3. The Morgan fingerprint density at radius 1 is 0.902 bits per heavy atom. The standard InChI is InChI=1S/C30H34F6N2O3/c1-19(20-16-22(29(31,32)33)18-23(17-20)30(34,35)36)25(39)37-28(21-6-4-3-5-7-21)10-8-24(9-11-28)38-14-12-27(2,13-15-38)26(40)41/h3-7,16-19,24H,8-15H2,1-2H3,(H,37,39)(H,40,41)/t19?,24-,28+. The lowest BCUT2D eigenvalue weighted by Crippen LogP contribution is -2.54. The fraction of sp³-hybridized carbons (Fsp3) is 0.533. The van der Waals surface area contributed by atoms with Crippen molar-refractivity contribution in [3.63, 3.8) is 0 Å². The Bertz CT molecular complexity index is 1210. The van der Waals surface area contributed by atoms with Crippen molar-refractivity contribution in [2.75, 3.05) is 13.1 Å². The number of nitrogens with one attached hydrogen (secondary N) is 1. The minimum atomic E-state index is -5.01. The fourth-order valence-electron chi connectivity index (χ4n) is 6.02. The first-order valence-electron chi connectivity index (χ1n) is 13.7. The number of amides is 1. The summed E-state index contributed by atoms with van der Waals surface area (Å²) in [6, 6.07) is 10.6. The van der Waals surface area contributed by atoms with Gasteiger partial charge in [0.1, 0.15) is 0 Å². The molecule has 0 aromatic heterocycles. The molecule has 224 valence electrons. The van der Waals surface area contributed by atoms with E-state index in [-0.39, 0.29) is 17.7 Å². The van der Waals surface area contributed by atoms with Gasteiger partial charge < -0.3 is 15.3 Å². The fourth-order valence-corrected chi connectivity index (χ4v) is 6.02. The second-order valence-electron chi connectivity index (χ2n) is 11.6. The molecule has 2 fully saturated rings. The Morgan fingerprint density at radius 2 is 1.41 bits per heavy atom. The van der Waals surface area contributed by atoms with E-state index in [2.05, 4.69) is 10.2 Å². The van der Waals surface area contributed by atoms with Gasteiger partial charge in [-0.05, 0) is 94.8 Å². The Labute approximate surface area is 234 Å². The number of rotatable bonds is 6. The molecule has 2 aromatic rings. The van der Waals surface area contributed by atoms with Crippen LogP contribution < -0.4 is 5.32 Å². The van der Waals surface area contributed by atoms with Crippen LogP contribution in [0, 0.1) is 5.41 Å². The topological polar surface area (TPSA) is 69.6 Å². The molecule has 1 atom stereocenters. The van der Waals surface area contributed by atoms with Gasteiger partial charge in [0.25, 0.3) is 0 Å². The summed E-state index contributed by atoms with van der Waals surface area (Å²) < 4.78 is 80.6. The number of carbonyl (C=O) groups is 2. The van der Waals surface area contributed by atoms with E-state index in [9.17, 15) is 41.0 Å². The maximum atomic E-state index is 13.5. The van der Waals surface area contributed by atoms with Gasteiger partial charge in [-0.25, -0.2) is 0 Å². The molecule has 11 heteroatoms. The van der Waals surface area contributed by atoms with Crippen LogP contribution >= 0.6 is 0 Å². The molecule has 0 bridgehead atoms. The number of nitrogens with zero attached hydrogens (tertiary/aromatic N) is 1. The number of hydrogen-bond acceptors (Lipinski definition) is 3. The van der Waals surface area contributed by atoms with Crippen LogP contribution in [0.4, 0.5) is 26.3 Å². The zero-order valence-corrected chi connectivity index (χ0v) is 22.9. The lowest BCUT2D eigenvalue weighted by Gasteiger charge is -2.47. The molecule has 1 unspecified atom stereocenters. The third-order valence-corrected chi connectivity index (χ3v) is 8.94. The van der Waals surface area contributed by atoms with Gasteiger partial charge in [-0.3, -0.25) is 9.59 Å². The highest BCUT2D eigenvalue weighted by molar-refractivity contribution is 5.84. The number of carboxylic acid groups (broad SMARTS) is 1. The zero-order valence-electron chi connectivity index (χ0n) is 22.9. The lowest BCUT2D eigenvalue weighted by atomic mass is 9.73. The highest BCUT2D eigenvalue weighted by Gasteiger charge is 2.44. The molecule has 2 N–H and O–H groups in total. The van der Waals surface area contributed by atoms with Crippen molar-refractivity contribution >= 4 is 11.9 Å². The minimum absolute atomic E-state index is 0.0560. The molecule has 1 aliphatic carbocycles. The molecule has 1 amide bonds. The Morgan fingerprint density at radius 3 is 1.88 bits per heavy atom. The number of likely N-dealkylation sites (tertiary alicyclic amines) is 1. The van der Waals surface area contributed by atoms with Crippen molar-refractivity contribution < 1.29 is 41.0 Å². The van der Waals surface area contributed by atoms with Crippen LogP contribution in [-0.4, -0.2) is 41.0 Å². The van der Waals surface area contributed by atoms with Gasteiger partial charge in [-0.15, -0.1) is 0 Å². The van der Waals surface area contributed by atoms with Gasteiger partial charge in [0.2, 0.25) is 5.91 Å². The number of piperidine rings is 1. The molecule has 2 aromatic carbocycles. The average molecular weight is 585 g/mol. The summed E-state index contributed by atoms with van der Waals surface area (Å²) in [6.07, 6.45) is -6.53. The van der Waals surface area contributed by atoms with E-state index in [1.165, 1.54) is 6.92 Å². The van der Waals surface area contributed by atoms with Crippen molar-refractivity contribution in [3.05, 3.63) is 70.8 Å². The molecule has 1 saturated heterocycles. The first-order valence-corrected chi connectivity index (χ1v) is 13.7. The largest absolute Gasteiger partial charge is 0.481 e. The van der Waals surface area contributed by atoms with E-state index in [1.54, 1.807) is 6.92 Å². The Balaban J connectivity index is 1.55. The molecular weight excluding hydrogens is 550 g/mol. The molecule has 41 heavy (non-hydrogen) atoms. The molecule has 4 rings (SSSR count). The van der Waals surface area contributed by atoms with E-state index < -0.39 is 52.2 Å². The molecule has 1 heterocycles. The molecule has 0 radical (unpaired) electrons. The summed E-state index contributed by atoms with van der Waals surface area (Å²) in [7, 11) is 0. The molecule has 1 aliphatic heterocycles. The summed E-state index contributed by atoms with van der Waals surface area (Å²) in [4.78, 5) is 27.4. The van der Waals surface area contributed by atoms with Crippen molar-refractivity contribution in [3.8, 4) is 0 Å². The quantitative estimate of drug-likeness (QED) is 0.360. The summed E-state index contributed by atoms with van der Waals surface area (Å²) in [5.41, 5.74) is -4.06. The van der Waals surface area contributed by atoms with Gasteiger partial charge in [0.05, 0.1) is 28.0 Å².